The van der Waals surface area contributed by atoms with Crippen molar-refractivity contribution in [2.45, 2.75) is 13.5 Å². The molecule has 2 aliphatic rings. The number of carbonyl (C=O) groups excluding carboxylic acids is 1. The summed E-state index contributed by atoms with van der Waals surface area (Å²) in [6, 6.07) is 12.0. The Morgan fingerprint density at radius 3 is 2.25 bits per heavy atom. The highest BCUT2D eigenvalue weighted by molar-refractivity contribution is 6.32. The smallest absolute Gasteiger partial charge is 0.280 e. The van der Waals surface area contributed by atoms with Crippen molar-refractivity contribution in [1.29, 1.82) is 0 Å². The number of halogens is 5. The number of carbonyl (C=O) groups is 1. The number of amides is 1. The molecule has 0 spiro atoms. The van der Waals surface area contributed by atoms with Gasteiger partial charge in [0.25, 0.3) is 5.91 Å². The van der Waals surface area contributed by atoms with E-state index in [1.807, 2.05) is 12.1 Å². The molecule has 0 bridgehead atoms. The van der Waals surface area contributed by atoms with E-state index in [0.29, 0.717) is 22.8 Å². The number of benzene rings is 3. The number of nitrogens with zero attached hydrogens (tertiary/aromatic N) is 2. The highest BCUT2D eigenvalue weighted by Gasteiger charge is 2.37. The normalized spacial score (nSPS) is 15.6. The van der Waals surface area contributed by atoms with Crippen LogP contribution in [0.25, 0.3) is 6.08 Å². The fourth-order valence-electron chi connectivity index (χ4n) is 3.64. The van der Waals surface area contributed by atoms with Gasteiger partial charge in [0.05, 0.1) is 11.3 Å². The van der Waals surface area contributed by atoms with E-state index in [1.165, 1.54) is 13.0 Å². The third kappa shape index (κ3) is 4.02. The summed E-state index contributed by atoms with van der Waals surface area (Å²) < 4.78 is 85.3. The number of rotatable bonds is 5. The first-order chi connectivity index (χ1) is 17.2. The molecule has 0 aliphatic carbocycles. The zero-order valence-electron chi connectivity index (χ0n) is 18.5. The van der Waals surface area contributed by atoms with Gasteiger partial charge in [-0.05, 0) is 48.4 Å². The summed E-state index contributed by atoms with van der Waals surface area (Å²) in [6.07, 6.45) is 1.38. The van der Waals surface area contributed by atoms with Crippen LogP contribution in [0.1, 0.15) is 18.1 Å². The molecule has 2 heterocycles. The second-order valence-corrected chi connectivity index (χ2v) is 7.82. The lowest BCUT2D eigenvalue weighted by Gasteiger charge is -2.15. The summed E-state index contributed by atoms with van der Waals surface area (Å²) in [5.74, 6) is -10.2. The van der Waals surface area contributed by atoms with E-state index in [0.717, 1.165) is 5.56 Å². The molecule has 1 amide bonds. The molecule has 0 fully saturated rings. The molecule has 11 heteroatoms. The largest absolute Gasteiger partial charge is 0.489 e. The molecule has 3 aromatic rings. The van der Waals surface area contributed by atoms with Gasteiger partial charge in [-0.1, -0.05) is 18.2 Å². The number of anilines is 1. The molecule has 184 valence electrons. The molecule has 0 unspecified atom stereocenters. The molecule has 0 radical (unpaired) electrons. The fraction of sp³-hybridized carbons (Fsp3) is 0.120. The van der Waals surface area contributed by atoms with Gasteiger partial charge in [-0.3, -0.25) is 4.79 Å². The molecular weight excluding hydrogens is 487 g/mol. The van der Waals surface area contributed by atoms with Crippen molar-refractivity contribution in [3.8, 4) is 17.2 Å². The molecule has 2 aliphatic heterocycles. The molecule has 0 aromatic heterocycles. The first-order valence-electron chi connectivity index (χ1n) is 10.5. The monoisotopic (exact) mass is 502 g/mol. The van der Waals surface area contributed by atoms with E-state index in [4.69, 9.17) is 14.2 Å². The predicted molar refractivity (Wildman–Crippen MR) is 118 cm³/mol. The Morgan fingerprint density at radius 2 is 1.56 bits per heavy atom. The molecule has 0 saturated heterocycles. The first kappa shape index (κ1) is 23.3. The molecule has 0 atom stereocenters. The van der Waals surface area contributed by atoms with Crippen LogP contribution in [0.3, 0.4) is 0 Å². The van der Waals surface area contributed by atoms with Gasteiger partial charge in [0.2, 0.25) is 12.6 Å². The lowest BCUT2D eigenvalue weighted by atomic mass is 10.1. The summed E-state index contributed by atoms with van der Waals surface area (Å²) in [4.78, 5) is 12.8. The fourth-order valence-corrected chi connectivity index (χ4v) is 3.64. The van der Waals surface area contributed by atoms with E-state index in [9.17, 15) is 26.7 Å². The van der Waals surface area contributed by atoms with Crippen LogP contribution in [0.5, 0.6) is 17.2 Å². The second-order valence-electron chi connectivity index (χ2n) is 7.82. The molecule has 0 saturated carbocycles. The van der Waals surface area contributed by atoms with Crippen molar-refractivity contribution < 1.29 is 41.0 Å². The number of hydrogen-bond acceptors (Lipinski definition) is 5. The quantitative estimate of drug-likeness (QED) is 0.200. The van der Waals surface area contributed by atoms with Crippen molar-refractivity contribution in [3.63, 3.8) is 0 Å². The van der Waals surface area contributed by atoms with Crippen LogP contribution < -0.4 is 19.2 Å². The van der Waals surface area contributed by atoms with Crippen LogP contribution in [0.2, 0.25) is 0 Å². The number of fused-ring (bicyclic) bond motifs is 1. The average Bonchev–Trinajstić information content (AvgIpc) is 3.45. The van der Waals surface area contributed by atoms with Gasteiger partial charge in [-0.25, -0.2) is 22.0 Å². The molecule has 0 N–H and O–H groups in total. The van der Waals surface area contributed by atoms with Gasteiger partial charge < -0.3 is 14.2 Å². The highest BCUT2D eigenvalue weighted by atomic mass is 19.2. The summed E-state index contributed by atoms with van der Waals surface area (Å²) >= 11 is 0. The topological polar surface area (TPSA) is 60.4 Å². The zero-order valence-corrected chi connectivity index (χ0v) is 18.5. The van der Waals surface area contributed by atoms with Gasteiger partial charge in [-0.2, -0.15) is 10.1 Å². The van der Waals surface area contributed by atoms with E-state index in [1.54, 1.807) is 30.3 Å². The minimum absolute atomic E-state index is 0.0343. The molecule has 3 aromatic carbocycles. The van der Waals surface area contributed by atoms with Crippen molar-refractivity contribution in [1.82, 2.24) is 0 Å². The van der Waals surface area contributed by atoms with E-state index in [2.05, 4.69) is 5.10 Å². The van der Waals surface area contributed by atoms with Crippen LogP contribution in [0, 0.1) is 29.1 Å². The predicted octanol–water partition coefficient (Wildman–Crippen LogP) is 5.50. The maximum absolute atomic E-state index is 14.2. The lowest BCUT2D eigenvalue weighted by Crippen LogP contribution is -2.25. The maximum atomic E-state index is 14.2. The third-order valence-corrected chi connectivity index (χ3v) is 5.49. The highest BCUT2D eigenvalue weighted by Crippen LogP contribution is 2.35. The lowest BCUT2D eigenvalue weighted by molar-refractivity contribution is -0.114. The minimum Gasteiger partial charge on any atom is -0.489 e. The van der Waals surface area contributed by atoms with Gasteiger partial charge >= 0.3 is 0 Å². The van der Waals surface area contributed by atoms with Crippen molar-refractivity contribution in [2.75, 3.05) is 11.8 Å². The summed E-state index contributed by atoms with van der Waals surface area (Å²) in [5.41, 5.74) is -0.101. The number of ether oxygens (including phenoxy) is 3. The van der Waals surface area contributed by atoms with Crippen LogP contribution >= 0.6 is 0 Å². The van der Waals surface area contributed by atoms with E-state index >= 15 is 0 Å². The van der Waals surface area contributed by atoms with Gasteiger partial charge in [-0.15, -0.1) is 0 Å². The van der Waals surface area contributed by atoms with Crippen LogP contribution in [0.4, 0.5) is 27.6 Å². The van der Waals surface area contributed by atoms with Crippen LogP contribution in [-0.4, -0.2) is 18.4 Å². The second kappa shape index (κ2) is 8.99. The average molecular weight is 502 g/mol. The Labute approximate surface area is 200 Å². The Morgan fingerprint density at radius 1 is 0.917 bits per heavy atom. The van der Waals surface area contributed by atoms with Crippen LogP contribution in [0.15, 0.2) is 53.1 Å². The molecule has 36 heavy (non-hydrogen) atoms. The van der Waals surface area contributed by atoms with Crippen molar-refractivity contribution in [3.05, 3.63) is 88.3 Å². The third-order valence-electron chi connectivity index (χ3n) is 5.49. The Balaban J connectivity index is 1.32. The number of hydrogen-bond donors (Lipinski definition) is 0. The van der Waals surface area contributed by atoms with Gasteiger partial charge in [0.1, 0.15) is 18.0 Å². The summed E-state index contributed by atoms with van der Waals surface area (Å²) in [5, 5.41) is 3.88. The van der Waals surface area contributed by atoms with Crippen LogP contribution in [-0.2, 0) is 11.4 Å². The Hall–Kier alpha value is -4.41. The molecular formula is C25H15F5N2O4. The standard InChI is InChI=1S/C25H15F5N2O4/c1-12-16(25(33)32(31-12)24-22(29)20(27)19(26)21(28)23(24)30)8-13-2-5-15(6-3-13)34-10-14-4-7-17-18(9-14)36-11-35-17/h2-9H,10-11H2,1H3/b16-8+. The Kier molecular flexibility index (Phi) is 5.83. The summed E-state index contributed by atoms with van der Waals surface area (Å²) in [7, 11) is 0. The molecule has 5 rings (SSSR count). The maximum Gasteiger partial charge on any atom is 0.280 e. The zero-order chi connectivity index (χ0) is 25.6. The Bertz CT molecular complexity index is 1420. The SMILES string of the molecule is CC1=NN(c2c(F)c(F)c(F)c(F)c2F)C(=O)/C1=C/c1ccc(OCc2ccc3c(c2)OCO3)cc1. The van der Waals surface area contributed by atoms with Crippen molar-refractivity contribution >= 4 is 23.4 Å². The van der Waals surface area contributed by atoms with Gasteiger partial charge in [0.15, 0.2) is 34.8 Å². The molecule has 6 nitrogen and oxygen atoms in total. The minimum atomic E-state index is -2.32. The summed E-state index contributed by atoms with van der Waals surface area (Å²) in [6.45, 7) is 1.81. The van der Waals surface area contributed by atoms with E-state index in [-0.39, 0.29) is 29.7 Å². The van der Waals surface area contributed by atoms with E-state index < -0.39 is 40.7 Å². The number of hydrazone groups is 1. The van der Waals surface area contributed by atoms with Gasteiger partial charge in [0, 0.05) is 0 Å². The first-order valence-corrected chi connectivity index (χ1v) is 10.5. The van der Waals surface area contributed by atoms with Crippen molar-refractivity contribution in [2.24, 2.45) is 5.10 Å².